The molecule has 0 unspecified atom stereocenters. The van der Waals surface area contributed by atoms with Gasteiger partial charge in [0.1, 0.15) is 11.5 Å². The molecule has 0 N–H and O–H groups in total. The highest BCUT2D eigenvalue weighted by molar-refractivity contribution is 6.17. The number of pyridine rings is 1. The monoisotopic (exact) mass is 493 g/mol. The van der Waals surface area contributed by atoms with E-state index in [0.717, 1.165) is 66.5 Å². The predicted octanol–water partition coefficient (Wildman–Crippen LogP) is 6.18. The molecule has 5 nitrogen and oxygen atoms in total. The Hall–Kier alpha value is -3.05. The van der Waals surface area contributed by atoms with Crippen LogP contribution in [0.4, 0.5) is 0 Å². The lowest BCUT2D eigenvalue weighted by atomic mass is 9.97. The van der Waals surface area contributed by atoms with Crippen molar-refractivity contribution in [3.63, 3.8) is 0 Å². The zero-order chi connectivity index (χ0) is 24.5. The summed E-state index contributed by atoms with van der Waals surface area (Å²) < 4.78 is 13.6. The molecule has 0 radical (unpaired) electrons. The minimum Gasteiger partial charge on any atom is -0.494 e. The molecule has 4 rings (SSSR count). The molecule has 184 valence electrons. The number of allylic oxidation sites excluding steroid dienone is 1. The van der Waals surface area contributed by atoms with Crippen LogP contribution in [0.15, 0.2) is 59.4 Å². The van der Waals surface area contributed by atoms with E-state index in [2.05, 4.69) is 6.07 Å². The molecular weight excluding hydrogens is 462 g/mol. The van der Waals surface area contributed by atoms with Crippen LogP contribution in [0.2, 0.25) is 0 Å². The van der Waals surface area contributed by atoms with E-state index < -0.39 is 0 Å². The maximum absolute atomic E-state index is 12.6. The molecular formula is C29H32ClNO4. The van der Waals surface area contributed by atoms with Crippen molar-refractivity contribution in [1.29, 1.82) is 0 Å². The summed E-state index contributed by atoms with van der Waals surface area (Å²) in [6, 6.07) is 15.5. The Kier molecular flexibility index (Phi) is 9.02. The highest BCUT2D eigenvalue weighted by Gasteiger charge is 2.09. The number of aryl methyl sites for hydroxylation is 2. The third-order valence-corrected chi connectivity index (χ3v) is 6.51. The fraction of sp³-hybridized carbons (Fsp3) is 0.379. The molecule has 6 heteroatoms. The van der Waals surface area contributed by atoms with Gasteiger partial charge in [-0.15, -0.1) is 11.6 Å². The highest BCUT2D eigenvalue weighted by Crippen LogP contribution is 2.24. The van der Waals surface area contributed by atoms with Gasteiger partial charge in [0, 0.05) is 31.0 Å². The zero-order valence-electron chi connectivity index (χ0n) is 20.0. The summed E-state index contributed by atoms with van der Waals surface area (Å²) in [6.45, 7) is 1.79. The Morgan fingerprint density at radius 2 is 1.54 bits per heavy atom. The van der Waals surface area contributed by atoms with Gasteiger partial charge in [0.2, 0.25) is 0 Å². The van der Waals surface area contributed by atoms with E-state index in [9.17, 15) is 9.59 Å². The van der Waals surface area contributed by atoms with E-state index >= 15 is 0 Å². The number of halogens is 1. The molecule has 1 aliphatic rings. The summed E-state index contributed by atoms with van der Waals surface area (Å²) in [5.74, 6) is 2.38. The van der Waals surface area contributed by atoms with Gasteiger partial charge in [0.25, 0.3) is 5.56 Å². The Morgan fingerprint density at radius 1 is 0.800 bits per heavy atom. The second-order valence-electron chi connectivity index (χ2n) is 8.86. The largest absolute Gasteiger partial charge is 0.494 e. The van der Waals surface area contributed by atoms with Gasteiger partial charge in [-0.3, -0.25) is 9.59 Å². The van der Waals surface area contributed by atoms with E-state index in [4.69, 9.17) is 21.1 Å². The summed E-state index contributed by atoms with van der Waals surface area (Å²) in [7, 11) is 0. The average molecular weight is 494 g/mol. The number of hydrogen-bond acceptors (Lipinski definition) is 4. The number of aromatic nitrogens is 1. The van der Waals surface area contributed by atoms with Gasteiger partial charge in [0.15, 0.2) is 5.78 Å². The molecule has 0 amide bonds. The summed E-state index contributed by atoms with van der Waals surface area (Å²) in [5, 5.41) is 1.02. The minimum atomic E-state index is -0.0132. The first kappa shape index (κ1) is 25.1. The molecule has 1 heterocycles. The van der Waals surface area contributed by atoms with E-state index in [-0.39, 0.29) is 11.3 Å². The number of nitrogens with zero attached hydrogens (tertiary/aromatic N) is 1. The SMILES string of the molecule is O=C1/C=C\c2cc(OCCCCn3c(=O)ccc4ccc(OCCCCCl)cc43)ccc2CCC1. The molecule has 0 bridgehead atoms. The van der Waals surface area contributed by atoms with Gasteiger partial charge >= 0.3 is 0 Å². The van der Waals surface area contributed by atoms with Crippen molar-refractivity contribution in [1.82, 2.24) is 4.57 Å². The molecule has 0 spiro atoms. The quantitative estimate of drug-likeness (QED) is 0.236. The lowest BCUT2D eigenvalue weighted by Crippen LogP contribution is -2.19. The standard InChI is InChI=1S/C29H32ClNO4/c30-16-1-3-18-35-27-14-10-23-11-15-29(33)31(28(23)21-27)17-2-4-19-34-26-13-9-22-6-5-7-25(32)12-8-24(22)20-26/h8-15,20-21H,1-7,16-19H2/b12-8-. The first-order chi connectivity index (χ1) is 17.1. The minimum absolute atomic E-state index is 0.0132. The summed E-state index contributed by atoms with van der Waals surface area (Å²) in [5.41, 5.74) is 3.18. The first-order valence-corrected chi connectivity index (χ1v) is 13.0. The lowest BCUT2D eigenvalue weighted by molar-refractivity contribution is -0.114. The van der Waals surface area contributed by atoms with Crippen molar-refractivity contribution in [2.24, 2.45) is 0 Å². The van der Waals surface area contributed by atoms with Crippen molar-refractivity contribution < 1.29 is 14.3 Å². The van der Waals surface area contributed by atoms with Crippen LogP contribution in [0.5, 0.6) is 11.5 Å². The lowest BCUT2D eigenvalue weighted by Gasteiger charge is -2.13. The van der Waals surface area contributed by atoms with Crippen molar-refractivity contribution in [3.8, 4) is 11.5 Å². The number of rotatable bonds is 11. The van der Waals surface area contributed by atoms with Crippen LogP contribution < -0.4 is 15.0 Å². The number of hydrogen-bond donors (Lipinski definition) is 0. The van der Waals surface area contributed by atoms with Crippen LogP contribution in [0.25, 0.3) is 17.0 Å². The van der Waals surface area contributed by atoms with Crippen LogP contribution in [-0.2, 0) is 17.8 Å². The molecule has 0 saturated heterocycles. The summed E-state index contributed by atoms with van der Waals surface area (Å²) >= 11 is 5.73. The zero-order valence-corrected chi connectivity index (χ0v) is 20.8. The van der Waals surface area contributed by atoms with E-state index in [1.807, 2.05) is 47.0 Å². The maximum Gasteiger partial charge on any atom is 0.251 e. The third kappa shape index (κ3) is 6.98. The molecule has 0 fully saturated rings. The number of fused-ring (bicyclic) bond motifs is 2. The van der Waals surface area contributed by atoms with E-state index in [1.54, 1.807) is 12.1 Å². The van der Waals surface area contributed by atoms with Crippen LogP contribution in [0.1, 0.15) is 49.7 Å². The van der Waals surface area contributed by atoms with Crippen molar-refractivity contribution in [2.75, 3.05) is 19.1 Å². The van der Waals surface area contributed by atoms with Crippen LogP contribution in [-0.4, -0.2) is 29.4 Å². The number of ether oxygens (including phenoxy) is 2. The Balaban J connectivity index is 1.33. The predicted molar refractivity (Wildman–Crippen MR) is 142 cm³/mol. The normalized spacial score (nSPS) is 14.3. The Morgan fingerprint density at radius 3 is 2.37 bits per heavy atom. The number of alkyl halides is 1. The molecule has 0 saturated carbocycles. The average Bonchev–Trinajstić information content (AvgIpc) is 2.86. The molecule has 0 atom stereocenters. The van der Waals surface area contributed by atoms with E-state index in [0.29, 0.717) is 32.1 Å². The van der Waals surface area contributed by atoms with Gasteiger partial charge in [-0.05, 0) is 91.4 Å². The van der Waals surface area contributed by atoms with Gasteiger partial charge < -0.3 is 14.0 Å². The molecule has 3 aromatic rings. The highest BCUT2D eigenvalue weighted by atomic mass is 35.5. The fourth-order valence-corrected chi connectivity index (χ4v) is 4.49. The van der Waals surface area contributed by atoms with Crippen LogP contribution in [0.3, 0.4) is 0 Å². The molecule has 0 aliphatic heterocycles. The van der Waals surface area contributed by atoms with Crippen molar-refractivity contribution >= 4 is 34.4 Å². The number of carbonyl (C=O) groups excluding carboxylic acids is 1. The molecule has 1 aliphatic carbocycles. The number of unbranched alkanes of at least 4 members (excludes halogenated alkanes) is 2. The summed E-state index contributed by atoms with van der Waals surface area (Å²) in [4.78, 5) is 24.3. The maximum atomic E-state index is 12.6. The topological polar surface area (TPSA) is 57.5 Å². The molecule has 2 aromatic carbocycles. The molecule has 1 aromatic heterocycles. The first-order valence-electron chi connectivity index (χ1n) is 12.4. The third-order valence-electron chi connectivity index (χ3n) is 6.24. The fourth-order valence-electron chi connectivity index (χ4n) is 4.30. The van der Waals surface area contributed by atoms with Gasteiger partial charge in [-0.25, -0.2) is 0 Å². The smallest absolute Gasteiger partial charge is 0.251 e. The van der Waals surface area contributed by atoms with Crippen LogP contribution in [0, 0.1) is 0 Å². The number of carbonyl (C=O) groups is 1. The van der Waals surface area contributed by atoms with Gasteiger partial charge in [-0.1, -0.05) is 12.1 Å². The second kappa shape index (κ2) is 12.6. The Bertz CT molecular complexity index is 1250. The van der Waals surface area contributed by atoms with Crippen molar-refractivity contribution in [2.45, 2.75) is 51.5 Å². The summed E-state index contributed by atoms with van der Waals surface area (Å²) in [6.07, 6.45) is 9.42. The van der Waals surface area contributed by atoms with E-state index in [1.165, 1.54) is 5.56 Å². The van der Waals surface area contributed by atoms with Crippen LogP contribution >= 0.6 is 11.6 Å². The van der Waals surface area contributed by atoms with Gasteiger partial charge in [-0.2, -0.15) is 0 Å². The number of ketones is 1. The molecule has 35 heavy (non-hydrogen) atoms. The second-order valence-corrected chi connectivity index (χ2v) is 9.24. The number of benzene rings is 2. The van der Waals surface area contributed by atoms with Gasteiger partial charge in [0.05, 0.1) is 18.7 Å². The van der Waals surface area contributed by atoms with Crippen molar-refractivity contribution in [3.05, 3.63) is 76.1 Å². The Labute approximate surface area is 211 Å².